The molecule has 22 heavy (non-hydrogen) atoms. The van der Waals surface area contributed by atoms with Crippen LogP contribution in [0.2, 0.25) is 0 Å². The lowest BCUT2D eigenvalue weighted by molar-refractivity contribution is -0.0470. The highest BCUT2D eigenvalue weighted by Crippen LogP contribution is 2.12. The number of methoxy groups -OCH3 is 4. The van der Waals surface area contributed by atoms with Crippen molar-refractivity contribution in [3.8, 4) is 0 Å². The Hall–Kier alpha value is -0.320. The quantitative estimate of drug-likeness (QED) is 0.423. The van der Waals surface area contributed by atoms with Crippen LogP contribution in [-0.2, 0) is 18.9 Å². The van der Waals surface area contributed by atoms with Gasteiger partial charge < -0.3 is 34.9 Å². The van der Waals surface area contributed by atoms with E-state index >= 15 is 0 Å². The van der Waals surface area contributed by atoms with Gasteiger partial charge in [-0.3, -0.25) is 4.90 Å². The molecule has 0 rings (SSSR count). The summed E-state index contributed by atoms with van der Waals surface area (Å²) in [5.74, 6) is 0. The first-order valence-electron chi connectivity index (χ1n) is 6.95. The van der Waals surface area contributed by atoms with E-state index in [1.807, 2.05) is 19.0 Å². The van der Waals surface area contributed by atoms with Crippen LogP contribution in [-0.4, -0.2) is 108 Å². The van der Waals surface area contributed by atoms with Crippen LogP contribution in [0.1, 0.15) is 0 Å². The number of rotatable bonds is 11. The molecule has 0 aromatic heterocycles. The minimum absolute atomic E-state index is 0.0294. The number of nitrogens with zero attached hydrogens (tertiary/aromatic N) is 1. The fourth-order valence-corrected chi connectivity index (χ4v) is 1.78. The molecule has 0 heterocycles. The molecule has 8 nitrogen and oxygen atoms in total. The standard InChI is InChI=1S/C8H19NO3.C6H15NO3/c1-9(2)8(5-10,6-11-3)7-12-4;1-9-4-6(7,3-8)5-10-2/h10H,5-7H2,1-4H3;8H,3-5,7H2,1-2H3. The van der Waals surface area contributed by atoms with E-state index in [4.69, 9.17) is 29.8 Å². The monoisotopic (exact) mass is 326 g/mol. The van der Waals surface area contributed by atoms with Crippen molar-refractivity contribution in [2.45, 2.75) is 11.1 Å². The van der Waals surface area contributed by atoms with Gasteiger partial charge in [0.1, 0.15) is 0 Å². The van der Waals surface area contributed by atoms with Gasteiger partial charge in [0.05, 0.1) is 50.7 Å². The molecule has 0 saturated carbocycles. The van der Waals surface area contributed by atoms with E-state index in [1.54, 1.807) is 14.2 Å². The first-order valence-corrected chi connectivity index (χ1v) is 6.95. The van der Waals surface area contributed by atoms with Gasteiger partial charge in [-0.1, -0.05) is 0 Å². The summed E-state index contributed by atoms with van der Waals surface area (Å²) in [6.07, 6.45) is 0. The topological polar surface area (TPSA) is 107 Å². The molecule has 0 aromatic rings. The van der Waals surface area contributed by atoms with Crippen molar-refractivity contribution >= 4 is 0 Å². The van der Waals surface area contributed by atoms with Gasteiger partial charge in [-0.25, -0.2) is 0 Å². The van der Waals surface area contributed by atoms with Crippen molar-refractivity contribution in [1.82, 2.24) is 4.90 Å². The zero-order valence-corrected chi connectivity index (χ0v) is 14.8. The summed E-state index contributed by atoms with van der Waals surface area (Å²) in [6.45, 7) is 1.43. The molecule has 0 atom stereocenters. The van der Waals surface area contributed by atoms with Gasteiger partial charge in [-0.2, -0.15) is 0 Å². The summed E-state index contributed by atoms with van der Waals surface area (Å²) in [4.78, 5) is 1.92. The number of hydrogen-bond donors (Lipinski definition) is 3. The Balaban J connectivity index is 0. The molecule has 0 amide bonds. The second kappa shape index (κ2) is 13.1. The molecule has 136 valence electrons. The van der Waals surface area contributed by atoms with Crippen LogP contribution in [0.3, 0.4) is 0 Å². The summed E-state index contributed by atoms with van der Waals surface area (Å²) in [5.41, 5.74) is 4.46. The Morgan fingerprint density at radius 1 is 0.773 bits per heavy atom. The lowest BCUT2D eigenvalue weighted by Gasteiger charge is -2.36. The Bertz CT molecular complexity index is 241. The highest BCUT2D eigenvalue weighted by atomic mass is 16.5. The predicted octanol–water partition coefficient (Wildman–Crippen LogP) is -1.46. The number of nitrogens with two attached hydrogens (primary N) is 1. The Labute approximate surface area is 134 Å². The van der Waals surface area contributed by atoms with E-state index in [0.717, 1.165) is 0 Å². The first kappa shape index (κ1) is 23.9. The normalized spacial score (nSPS) is 12.3. The average molecular weight is 326 g/mol. The smallest absolute Gasteiger partial charge is 0.0906 e. The molecule has 0 aliphatic carbocycles. The number of aliphatic hydroxyl groups is 2. The van der Waals surface area contributed by atoms with Gasteiger partial charge in [-0.15, -0.1) is 0 Å². The fourth-order valence-electron chi connectivity index (χ4n) is 1.78. The maximum absolute atomic E-state index is 9.21. The van der Waals surface area contributed by atoms with Gasteiger partial charge in [0.2, 0.25) is 0 Å². The van der Waals surface area contributed by atoms with Gasteiger partial charge in [-0.05, 0) is 14.1 Å². The first-order chi connectivity index (χ1) is 10.3. The summed E-state index contributed by atoms with van der Waals surface area (Å²) in [6, 6.07) is 0. The van der Waals surface area contributed by atoms with Gasteiger partial charge in [0.25, 0.3) is 0 Å². The van der Waals surface area contributed by atoms with Crippen LogP contribution in [0.5, 0.6) is 0 Å². The van der Waals surface area contributed by atoms with Gasteiger partial charge >= 0.3 is 0 Å². The second-order valence-corrected chi connectivity index (χ2v) is 5.53. The number of aliphatic hydroxyl groups excluding tert-OH is 2. The number of likely N-dealkylation sites (N-methyl/N-ethyl adjacent to an activating group) is 1. The maximum Gasteiger partial charge on any atom is 0.0906 e. The third kappa shape index (κ3) is 8.96. The highest BCUT2D eigenvalue weighted by molar-refractivity contribution is 4.87. The van der Waals surface area contributed by atoms with Crippen LogP contribution < -0.4 is 5.73 Å². The summed E-state index contributed by atoms with van der Waals surface area (Å²) >= 11 is 0. The lowest BCUT2D eigenvalue weighted by Crippen LogP contribution is -2.54. The maximum atomic E-state index is 9.21. The zero-order chi connectivity index (χ0) is 17.6. The van der Waals surface area contributed by atoms with Crippen LogP contribution >= 0.6 is 0 Å². The van der Waals surface area contributed by atoms with Crippen molar-refractivity contribution in [3.05, 3.63) is 0 Å². The second-order valence-electron chi connectivity index (χ2n) is 5.53. The molecule has 0 bridgehead atoms. The minimum Gasteiger partial charge on any atom is -0.394 e. The molecule has 0 aliphatic rings. The van der Waals surface area contributed by atoms with Crippen molar-refractivity contribution < 1.29 is 29.2 Å². The molecule has 0 spiro atoms. The highest BCUT2D eigenvalue weighted by Gasteiger charge is 2.32. The summed E-state index contributed by atoms with van der Waals surface area (Å²) in [7, 11) is 10.1. The van der Waals surface area contributed by atoms with Gasteiger partial charge in [0, 0.05) is 28.4 Å². The predicted molar refractivity (Wildman–Crippen MR) is 85.0 cm³/mol. The van der Waals surface area contributed by atoms with Crippen molar-refractivity contribution in [2.24, 2.45) is 5.73 Å². The number of hydrogen-bond acceptors (Lipinski definition) is 8. The van der Waals surface area contributed by atoms with E-state index in [1.165, 1.54) is 14.2 Å². The van der Waals surface area contributed by atoms with Crippen LogP contribution in [0.15, 0.2) is 0 Å². The van der Waals surface area contributed by atoms with Crippen LogP contribution in [0.25, 0.3) is 0 Å². The summed E-state index contributed by atoms with van der Waals surface area (Å²) in [5, 5.41) is 18.0. The van der Waals surface area contributed by atoms with Crippen LogP contribution in [0.4, 0.5) is 0 Å². The van der Waals surface area contributed by atoms with Crippen LogP contribution in [0, 0.1) is 0 Å². The zero-order valence-electron chi connectivity index (χ0n) is 14.8. The molecule has 0 radical (unpaired) electrons. The Morgan fingerprint density at radius 3 is 1.32 bits per heavy atom. The Morgan fingerprint density at radius 2 is 1.14 bits per heavy atom. The molecule has 0 unspecified atom stereocenters. The molecular weight excluding hydrogens is 292 g/mol. The molecule has 0 aliphatic heterocycles. The van der Waals surface area contributed by atoms with E-state index in [2.05, 4.69) is 0 Å². The number of ether oxygens (including phenoxy) is 4. The van der Waals surface area contributed by atoms with Crippen molar-refractivity contribution in [2.75, 3.05) is 82.2 Å². The largest absolute Gasteiger partial charge is 0.394 e. The molecule has 0 aromatic carbocycles. The minimum atomic E-state index is -0.747. The van der Waals surface area contributed by atoms with Gasteiger partial charge in [0.15, 0.2) is 0 Å². The van der Waals surface area contributed by atoms with E-state index in [9.17, 15) is 5.11 Å². The fraction of sp³-hybridized carbons (Fsp3) is 1.00. The summed E-state index contributed by atoms with van der Waals surface area (Å²) < 4.78 is 19.6. The van der Waals surface area contributed by atoms with E-state index < -0.39 is 11.1 Å². The third-order valence-electron chi connectivity index (χ3n) is 3.25. The lowest BCUT2D eigenvalue weighted by atomic mass is 10.0. The molecule has 4 N–H and O–H groups in total. The average Bonchev–Trinajstić information content (AvgIpc) is 2.48. The van der Waals surface area contributed by atoms with E-state index in [0.29, 0.717) is 26.4 Å². The third-order valence-corrected chi connectivity index (χ3v) is 3.25. The molecule has 8 heteroatoms. The van der Waals surface area contributed by atoms with E-state index in [-0.39, 0.29) is 13.2 Å². The van der Waals surface area contributed by atoms with Crippen molar-refractivity contribution in [3.63, 3.8) is 0 Å². The van der Waals surface area contributed by atoms with Crippen molar-refractivity contribution in [1.29, 1.82) is 0 Å². The molecular formula is C14H34N2O6. The molecule has 0 fully saturated rings. The Kier molecular flexibility index (Phi) is 14.3. The SMILES string of the molecule is COCC(CO)(COC)N(C)C.COCC(N)(CO)COC. The molecule has 0 saturated heterocycles.